The molecule has 2 aromatic rings. The van der Waals surface area contributed by atoms with E-state index in [-0.39, 0.29) is 0 Å². The second kappa shape index (κ2) is 7.10. The van der Waals surface area contributed by atoms with Crippen LogP contribution in [0.3, 0.4) is 0 Å². The first kappa shape index (κ1) is 14.6. The van der Waals surface area contributed by atoms with Gasteiger partial charge in [0.2, 0.25) is 0 Å². The second-order valence-electron chi connectivity index (χ2n) is 5.20. The molecule has 0 saturated heterocycles. The van der Waals surface area contributed by atoms with Crippen LogP contribution >= 0.6 is 0 Å². The number of nitrogens with one attached hydrogen (secondary N) is 1. The van der Waals surface area contributed by atoms with Crippen LogP contribution in [0.4, 0.5) is 0 Å². The van der Waals surface area contributed by atoms with E-state index in [1.165, 1.54) is 5.56 Å². The first-order valence-electron chi connectivity index (χ1n) is 7.09. The van der Waals surface area contributed by atoms with Gasteiger partial charge < -0.3 is 10.1 Å². The number of nitrogens with zero attached hydrogens (tertiary/aromatic N) is 2. The van der Waals surface area contributed by atoms with Crippen molar-refractivity contribution in [1.82, 2.24) is 15.1 Å². The Kier molecular flexibility index (Phi) is 5.18. The Morgan fingerprint density at radius 2 is 2.00 bits per heavy atom. The molecule has 108 valence electrons. The summed E-state index contributed by atoms with van der Waals surface area (Å²) >= 11 is 0. The smallest absolute Gasteiger partial charge is 0.119 e. The van der Waals surface area contributed by atoms with Crippen LogP contribution in [0.1, 0.15) is 25.1 Å². The highest BCUT2D eigenvalue weighted by molar-refractivity contribution is 5.20. The number of aryl methyl sites for hydroxylation is 1. The molecule has 0 aliphatic rings. The third-order valence-corrected chi connectivity index (χ3v) is 3.08. The number of benzene rings is 1. The fourth-order valence-corrected chi connectivity index (χ4v) is 1.93. The lowest BCUT2D eigenvalue weighted by Gasteiger charge is -2.06. The van der Waals surface area contributed by atoms with Crippen LogP contribution in [-0.2, 0) is 13.1 Å². The SMILES string of the molecule is Cc1nn(CCOc2ccccc2)cc1CNC(C)C. The molecular formula is C16H23N3O. The van der Waals surface area contributed by atoms with Crippen molar-refractivity contribution in [3.05, 3.63) is 47.8 Å². The molecule has 0 aliphatic heterocycles. The summed E-state index contributed by atoms with van der Waals surface area (Å²) < 4.78 is 7.63. The summed E-state index contributed by atoms with van der Waals surface area (Å²) in [5.41, 5.74) is 2.33. The second-order valence-corrected chi connectivity index (χ2v) is 5.20. The van der Waals surface area contributed by atoms with Crippen LogP contribution in [0.5, 0.6) is 5.75 Å². The number of hydrogen-bond acceptors (Lipinski definition) is 3. The molecular weight excluding hydrogens is 250 g/mol. The van der Waals surface area contributed by atoms with Crippen LogP contribution in [0, 0.1) is 6.92 Å². The fourth-order valence-electron chi connectivity index (χ4n) is 1.93. The van der Waals surface area contributed by atoms with Gasteiger partial charge >= 0.3 is 0 Å². The largest absolute Gasteiger partial charge is 0.492 e. The van der Waals surface area contributed by atoms with E-state index in [1.807, 2.05) is 41.9 Å². The van der Waals surface area contributed by atoms with Crippen molar-refractivity contribution in [2.24, 2.45) is 0 Å². The van der Waals surface area contributed by atoms with Gasteiger partial charge in [-0.15, -0.1) is 0 Å². The van der Waals surface area contributed by atoms with E-state index in [4.69, 9.17) is 4.74 Å². The fraction of sp³-hybridized carbons (Fsp3) is 0.438. The first-order valence-corrected chi connectivity index (χ1v) is 7.09. The molecule has 0 spiro atoms. The van der Waals surface area contributed by atoms with Gasteiger partial charge in [0, 0.05) is 24.3 Å². The summed E-state index contributed by atoms with van der Waals surface area (Å²) in [7, 11) is 0. The van der Waals surface area contributed by atoms with E-state index < -0.39 is 0 Å². The molecule has 0 amide bonds. The van der Waals surface area contributed by atoms with Crippen molar-refractivity contribution < 1.29 is 4.74 Å². The summed E-state index contributed by atoms with van der Waals surface area (Å²) in [6, 6.07) is 10.3. The molecule has 0 fully saturated rings. The molecule has 0 saturated carbocycles. The molecule has 1 aromatic heterocycles. The van der Waals surface area contributed by atoms with Crippen molar-refractivity contribution >= 4 is 0 Å². The lowest BCUT2D eigenvalue weighted by Crippen LogP contribution is -2.21. The monoisotopic (exact) mass is 273 g/mol. The average molecular weight is 273 g/mol. The molecule has 4 nitrogen and oxygen atoms in total. The van der Waals surface area contributed by atoms with Crippen LogP contribution in [0.15, 0.2) is 36.5 Å². The van der Waals surface area contributed by atoms with E-state index in [1.54, 1.807) is 0 Å². The van der Waals surface area contributed by atoms with Gasteiger partial charge in [-0.3, -0.25) is 4.68 Å². The lowest BCUT2D eigenvalue weighted by atomic mass is 10.2. The molecule has 0 atom stereocenters. The quantitative estimate of drug-likeness (QED) is 0.843. The Hall–Kier alpha value is -1.81. The normalized spacial score (nSPS) is 11.0. The van der Waals surface area contributed by atoms with E-state index in [2.05, 4.69) is 30.5 Å². The Bertz CT molecular complexity index is 520. The molecule has 0 unspecified atom stereocenters. The summed E-state index contributed by atoms with van der Waals surface area (Å²) in [4.78, 5) is 0. The Labute approximate surface area is 120 Å². The van der Waals surface area contributed by atoms with Crippen molar-refractivity contribution in [2.75, 3.05) is 6.61 Å². The van der Waals surface area contributed by atoms with Gasteiger partial charge in [0.15, 0.2) is 0 Å². The van der Waals surface area contributed by atoms with Gasteiger partial charge in [-0.2, -0.15) is 5.10 Å². The highest BCUT2D eigenvalue weighted by Gasteiger charge is 2.05. The molecule has 4 heteroatoms. The highest BCUT2D eigenvalue weighted by atomic mass is 16.5. The summed E-state index contributed by atoms with van der Waals surface area (Å²) in [6.07, 6.45) is 2.10. The molecule has 1 aromatic carbocycles. The van der Waals surface area contributed by atoms with Gasteiger partial charge in [0.05, 0.1) is 12.2 Å². The molecule has 1 heterocycles. The van der Waals surface area contributed by atoms with Crippen molar-refractivity contribution in [2.45, 2.75) is 39.9 Å². The molecule has 0 radical (unpaired) electrons. The van der Waals surface area contributed by atoms with Gasteiger partial charge in [-0.05, 0) is 19.1 Å². The molecule has 2 rings (SSSR count). The van der Waals surface area contributed by atoms with Crippen LogP contribution < -0.4 is 10.1 Å². The van der Waals surface area contributed by atoms with E-state index in [9.17, 15) is 0 Å². The maximum Gasteiger partial charge on any atom is 0.119 e. The molecule has 0 bridgehead atoms. The van der Waals surface area contributed by atoms with Crippen LogP contribution in [-0.4, -0.2) is 22.4 Å². The maximum absolute atomic E-state index is 5.68. The number of aromatic nitrogens is 2. The minimum absolute atomic E-state index is 0.485. The minimum Gasteiger partial charge on any atom is -0.492 e. The predicted molar refractivity (Wildman–Crippen MR) is 80.9 cm³/mol. The van der Waals surface area contributed by atoms with E-state index >= 15 is 0 Å². The molecule has 20 heavy (non-hydrogen) atoms. The zero-order valence-corrected chi connectivity index (χ0v) is 12.5. The first-order chi connectivity index (χ1) is 9.65. The topological polar surface area (TPSA) is 39.1 Å². The van der Waals surface area contributed by atoms with Crippen molar-refractivity contribution in [3.63, 3.8) is 0 Å². The lowest BCUT2D eigenvalue weighted by molar-refractivity contribution is 0.291. The summed E-state index contributed by atoms with van der Waals surface area (Å²) in [5.74, 6) is 0.901. The Morgan fingerprint density at radius 3 is 2.70 bits per heavy atom. The van der Waals surface area contributed by atoms with Gasteiger partial charge in [-0.25, -0.2) is 0 Å². The average Bonchev–Trinajstić information content (AvgIpc) is 2.78. The number of ether oxygens (including phenoxy) is 1. The third-order valence-electron chi connectivity index (χ3n) is 3.08. The standard InChI is InChI=1S/C16H23N3O/c1-13(2)17-11-15-12-19(18-14(15)3)9-10-20-16-7-5-4-6-8-16/h4-8,12-13,17H,9-11H2,1-3H3. The van der Waals surface area contributed by atoms with Gasteiger partial charge in [0.1, 0.15) is 12.4 Å². The molecule has 0 aliphatic carbocycles. The zero-order chi connectivity index (χ0) is 14.4. The van der Waals surface area contributed by atoms with Crippen LogP contribution in [0.25, 0.3) is 0 Å². The summed E-state index contributed by atoms with van der Waals surface area (Å²) in [6.45, 7) is 8.59. The highest BCUT2D eigenvalue weighted by Crippen LogP contribution is 2.09. The van der Waals surface area contributed by atoms with Gasteiger partial charge in [-0.1, -0.05) is 32.0 Å². The van der Waals surface area contributed by atoms with E-state index in [0.29, 0.717) is 12.6 Å². The number of para-hydroxylation sites is 1. The van der Waals surface area contributed by atoms with Gasteiger partial charge in [0.25, 0.3) is 0 Å². The summed E-state index contributed by atoms with van der Waals surface area (Å²) in [5, 5.41) is 7.93. The predicted octanol–water partition coefficient (Wildman–Crippen LogP) is 2.77. The van der Waals surface area contributed by atoms with Crippen molar-refractivity contribution in [1.29, 1.82) is 0 Å². The maximum atomic E-state index is 5.68. The Morgan fingerprint density at radius 1 is 1.25 bits per heavy atom. The number of hydrogen-bond donors (Lipinski definition) is 1. The Balaban J connectivity index is 1.83. The van der Waals surface area contributed by atoms with Crippen LogP contribution in [0.2, 0.25) is 0 Å². The van der Waals surface area contributed by atoms with Crippen molar-refractivity contribution in [3.8, 4) is 5.75 Å². The molecule has 1 N–H and O–H groups in total. The minimum atomic E-state index is 0.485. The third kappa shape index (κ3) is 4.38. The van der Waals surface area contributed by atoms with E-state index in [0.717, 1.165) is 24.5 Å². The zero-order valence-electron chi connectivity index (χ0n) is 12.5. The number of rotatable bonds is 7.